The van der Waals surface area contributed by atoms with E-state index in [9.17, 15) is 14.7 Å². The molecule has 3 aromatic carbocycles. The van der Waals surface area contributed by atoms with Gasteiger partial charge in [-0.3, -0.25) is 9.59 Å². The van der Waals surface area contributed by atoms with Crippen LogP contribution in [-0.4, -0.2) is 16.9 Å². The summed E-state index contributed by atoms with van der Waals surface area (Å²) in [5.41, 5.74) is 0.385. The van der Waals surface area contributed by atoms with Gasteiger partial charge in [-0.1, -0.05) is 58.0 Å². The molecule has 3 rings (SSSR count). The molecule has 3 aromatic rings. The lowest BCUT2D eigenvalue weighted by Crippen LogP contribution is -2.16. The van der Waals surface area contributed by atoms with Crippen LogP contribution in [0.25, 0.3) is 0 Å². The number of amides is 2. The highest BCUT2D eigenvalue weighted by atomic mass is 35.5. The average Bonchev–Trinajstić information content (AvgIpc) is 2.68. The average molecular weight is 505 g/mol. The molecule has 0 saturated heterocycles. The van der Waals surface area contributed by atoms with Gasteiger partial charge in [0, 0.05) is 15.6 Å². The molecule has 154 valence electrons. The summed E-state index contributed by atoms with van der Waals surface area (Å²) in [6, 6.07) is 11.5. The van der Waals surface area contributed by atoms with Gasteiger partial charge < -0.3 is 15.7 Å². The van der Waals surface area contributed by atoms with Gasteiger partial charge in [0.2, 0.25) is 0 Å². The van der Waals surface area contributed by atoms with Crippen molar-refractivity contribution >= 4 is 81.2 Å². The van der Waals surface area contributed by atoms with E-state index in [1.165, 1.54) is 42.5 Å². The van der Waals surface area contributed by atoms with E-state index in [0.717, 1.165) is 0 Å². The second-order valence-electron chi connectivity index (χ2n) is 6.01. The molecule has 5 nitrogen and oxygen atoms in total. The first kappa shape index (κ1) is 22.5. The first-order valence-corrected chi connectivity index (χ1v) is 10.1. The maximum absolute atomic E-state index is 12.7. The quantitative estimate of drug-likeness (QED) is 0.353. The number of carbonyl (C=O) groups is 2. The number of rotatable bonds is 4. The number of benzene rings is 3. The Morgan fingerprint density at radius 1 is 0.667 bits per heavy atom. The van der Waals surface area contributed by atoms with E-state index in [1.807, 2.05) is 0 Å². The highest BCUT2D eigenvalue weighted by molar-refractivity contribution is 6.38. The zero-order chi connectivity index (χ0) is 22.0. The lowest BCUT2D eigenvalue weighted by molar-refractivity contribution is 0.102. The molecule has 0 radical (unpaired) electrons. The third-order valence-electron chi connectivity index (χ3n) is 3.93. The third kappa shape index (κ3) is 5.12. The van der Waals surface area contributed by atoms with Crippen LogP contribution >= 0.6 is 58.0 Å². The van der Waals surface area contributed by atoms with Crippen molar-refractivity contribution in [3.63, 3.8) is 0 Å². The summed E-state index contributed by atoms with van der Waals surface area (Å²) in [5, 5.41) is 16.4. The Labute approximate surface area is 196 Å². The Morgan fingerprint density at radius 2 is 1.17 bits per heavy atom. The molecule has 0 fully saturated rings. The minimum absolute atomic E-state index is 0.0242. The van der Waals surface area contributed by atoms with Crippen LogP contribution in [0.2, 0.25) is 25.1 Å². The summed E-state index contributed by atoms with van der Waals surface area (Å²) < 4.78 is 0. The summed E-state index contributed by atoms with van der Waals surface area (Å²) in [6.45, 7) is 0. The van der Waals surface area contributed by atoms with Crippen LogP contribution in [0.3, 0.4) is 0 Å². The normalized spacial score (nSPS) is 10.6. The van der Waals surface area contributed by atoms with Crippen LogP contribution < -0.4 is 10.6 Å². The molecule has 2 amide bonds. The molecule has 30 heavy (non-hydrogen) atoms. The molecular weight excluding hydrogens is 493 g/mol. The van der Waals surface area contributed by atoms with Gasteiger partial charge in [-0.15, -0.1) is 0 Å². The Bertz CT molecular complexity index is 1170. The number of phenolic OH excluding ortho intramolecular Hbond substituents is 1. The minimum atomic E-state index is -0.724. The number of anilines is 2. The van der Waals surface area contributed by atoms with Crippen molar-refractivity contribution in [1.82, 2.24) is 0 Å². The largest absolute Gasteiger partial charge is 0.506 e. The van der Waals surface area contributed by atoms with Crippen molar-refractivity contribution < 1.29 is 14.7 Å². The van der Waals surface area contributed by atoms with Crippen molar-refractivity contribution in [2.75, 3.05) is 10.6 Å². The Morgan fingerprint density at radius 3 is 1.67 bits per heavy atom. The Balaban J connectivity index is 1.89. The maximum Gasteiger partial charge on any atom is 0.259 e. The first-order chi connectivity index (χ1) is 14.2. The van der Waals surface area contributed by atoms with Gasteiger partial charge in [0.15, 0.2) is 0 Å². The van der Waals surface area contributed by atoms with Crippen LogP contribution in [0.5, 0.6) is 5.75 Å². The molecule has 0 saturated carbocycles. The molecule has 0 aliphatic rings. The molecule has 10 heteroatoms. The number of phenols is 1. The van der Waals surface area contributed by atoms with E-state index >= 15 is 0 Å². The predicted octanol–water partition coefficient (Wildman–Crippen LogP) is 7.16. The van der Waals surface area contributed by atoms with Gasteiger partial charge in [-0.25, -0.2) is 0 Å². The number of hydrogen-bond donors (Lipinski definition) is 3. The minimum Gasteiger partial charge on any atom is -0.506 e. The van der Waals surface area contributed by atoms with Crippen molar-refractivity contribution in [1.29, 1.82) is 0 Å². The van der Waals surface area contributed by atoms with Gasteiger partial charge in [0.25, 0.3) is 11.8 Å². The van der Waals surface area contributed by atoms with Crippen molar-refractivity contribution in [3.05, 3.63) is 84.8 Å². The summed E-state index contributed by atoms with van der Waals surface area (Å²) in [6.07, 6.45) is 0. The molecule has 0 atom stereocenters. The van der Waals surface area contributed by atoms with Crippen LogP contribution in [0.15, 0.2) is 48.5 Å². The van der Waals surface area contributed by atoms with E-state index in [0.29, 0.717) is 15.7 Å². The summed E-state index contributed by atoms with van der Waals surface area (Å²) >= 11 is 29.8. The number of halogens is 5. The molecule has 0 heterocycles. The maximum atomic E-state index is 12.7. The van der Waals surface area contributed by atoms with Gasteiger partial charge >= 0.3 is 0 Å². The summed E-state index contributed by atoms with van der Waals surface area (Å²) in [4.78, 5) is 25.3. The van der Waals surface area contributed by atoms with Crippen molar-refractivity contribution in [2.24, 2.45) is 0 Å². The smallest absolute Gasteiger partial charge is 0.259 e. The standard InChI is InChI=1S/C20H11Cl5N2O3/c21-10-1-3-16(13(23)7-10)26-19(29)9-5-12(18(28)15(25)6-9)20(30)27-17-4-2-11(22)8-14(17)24/h1-8,28H,(H,26,29)(H,27,30). The number of carbonyl (C=O) groups excluding carboxylic acids is 2. The Hall–Kier alpha value is -2.15. The van der Waals surface area contributed by atoms with Crippen LogP contribution in [0.4, 0.5) is 11.4 Å². The molecule has 0 bridgehead atoms. The van der Waals surface area contributed by atoms with E-state index in [1.54, 1.807) is 6.07 Å². The fraction of sp³-hybridized carbons (Fsp3) is 0. The zero-order valence-corrected chi connectivity index (χ0v) is 18.6. The van der Waals surface area contributed by atoms with E-state index in [4.69, 9.17) is 58.0 Å². The lowest BCUT2D eigenvalue weighted by Gasteiger charge is -2.12. The third-order valence-corrected chi connectivity index (χ3v) is 5.31. The van der Waals surface area contributed by atoms with Crippen molar-refractivity contribution in [3.8, 4) is 5.75 Å². The SMILES string of the molecule is O=C(Nc1ccc(Cl)cc1Cl)c1cc(Cl)c(O)c(C(=O)Nc2ccc(Cl)cc2Cl)c1. The monoisotopic (exact) mass is 502 g/mol. The fourth-order valence-electron chi connectivity index (χ4n) is 2.47. The van der Waals surface area contributed by atoms with Gasteiger partial charge in [-0.2, -0.15) is 0 Å². The second kappa shape index (κ2) is 9.33. The van der Waals surface area contributed by atoms with Gasteiger partial charge in [-0.05, 0) is 48.5 Å². The molecule has 0 unspecified atom stereocenters. The molecule has 0 aliphatic heterocycles. The second-order valence-corrected chi connectivity index (χ2v) is 8.11. The van der Waals surface area contributed by atoms with Crippen LogP contribution in [0.1, 0.15) is 20.7 Å². The van der Waals surface area contributed by atoms with E-state index in [2.05, 4.69) is 10.6 Å². The lowest BCUT2D eigenvalue weighted by atomic mass is 10.1. The summed E-state index contributed by atoms with van der Waals surface area (Å²) in [5.74, 6) is -1.81. The number of aromatic hydroxyl groups is 1. The van der Waals surface area contributed by atoms with Crippen molar-refractivity contribution in [2.45, 2.75) is 0 Å². The van der Waals surface area contributed by atoms with Crippen LogP contribution in [-0.2, 0) is 0 Å². The predicted molar refractivity (Wildman–Crippen MR) is 122 cm³/mol. The molecular formula is C20H11Cl5N2O3. The zero-order valence-electron chi connectivity index (χ0n) is 14.8. The molecule has 0 aromatic heterocycles. The number of hydrogen-bond acceptors (Lipinski definition) is 3. The van der Waals surface area contributed by atoms with E-state index < -0.39 is 17.6 Å². The molecule has 0 spiro atoms. The highest BCUT2D eigenvalue weighted by Crippen LogP contribution is 2.32. The van der Waals surface area contributed by atoms with Gasteiger partial charge in [0.05, 0.1) is 32.0 Å². The number of nitrogens with one attached hydrogen (secondary N) is 2. The first-order valence-electron chi connectivity index (χ1n) is 8.21. The topological polar surface area (TPSA) is 78.4 Å². The van der Waals surface area contributed by atoms with Crippen LogP contribution in [0, 0.1) is 0 Å². The molecule has 3 N–H and O–H groups in total. The molecule has 0 aliphatic carbocycles. The van der Waals surface area contributed by atoms with E-state index in [-0.39, 0.29) is 31.9 Å². The summed E-state index contributed by atoms with van der Waals surface area (Å²) in [7, 11) is 0. The fourth-order valence-corrected chi connectivity index (χ4v) is 3.60. The Kier molecular flexibility index (Phi) is 7.01. The van der Waals surface area contributed by atoms with Gasteiger partial charge in [0.1, 0.15) is 5.75 Å². The highest BCUT2D eigenvalue weighted by Gasteiger charge is 2.20.